The second kappa shape index (κ2) is 6.84. The molecular weight excluding hydrogens is 276 g/mol. The molecule has 0 saturated carbocycles. The van der Waals surface area contributed by atoms with E-state index in [9.17, 15) is 4.79 Å². The number of aromatic nitrogens is 2. The first kappa shape index (κ1) is 15.0. The van der Waals surface area contributed by atoms with Gasteiger partial charge in [-0.25, -0.2) is 0 Å². The molecule has 2 atom stereocenters. The maximum atomic E-state index is 12.5. The van der Waals surface area contributed by atoms with Crippen molar-refractivity contribution in [3.05, 3.63) is 17.5 Å². The van der Waals surface area contributed by atoms with Crippen molar-refractivity contribution in [2.75, 3.05) is 11.5 Å². The third-order valence-corrected chi connectivity index (χ3v) is 6.57. The van der Waals surface area contributed by atoms with Crippen molar-refractivity contribution in [1.82, 2.24) is 9.78 Å². The van der Waals surface area contributed by atoms with E-state index in [1.165, 1.54) is 5.75 Å². The summed E-state index contributed by atoms with van der Waals surface area (Å²) in [7, 11) is 0. The number of hydrogen-bond acceptors (Lipinski definition) is 4. The minimum absolute atomic E-state index is 0.157. The van der Waals surface area contributed by atoms with Crippen LogP contribution in [0.3, 0.4) is 0 Å². The van der Waals surface area contributed by atoms with Crippen molar-refractivity contribution < 1.29 is 4.79 Å². The molecule has 106 valence electrons. The average Bonchev–Trinajstić information content (AvgIpc) is 2.81. The summed E-state index contributed by atoms with van der Waals surface area (Å²) in [5, 5.41) is 5.11. The van der Waals surface area contributed by atoms with Gasteiger partial charge in [0.25, 0.3) is 0 Å². The van der Waals surface area contributed by atoms with E-state index in [1.807, 2.05) is 28.2 Å². The van der Waals surface area contributed by atoms with Crippen molar-refractivity contribution in [3.8, 4) is 0 Å². The molecule has 0 N–H and O–H groups in total. The molecule has 0 aromatic carbocycles. The van der Waals surface area contributed by atoms with Crippen LogP contribution in [0.5, 0.6) is 0 Å². The largest absolute Gasteiger partial charge is 0.298 e. The lowest BCUT2D eigenvalue weighted by Crippen LogP contribution is -2.32. The first-order valence-electron chi connectivity index (χ1n) is 6.97. The SMILES string of the molecule is CCc1cc(CC(=O)C2SCCSC2C)n(CC)n1. The van der Waals surface area contributed by atoms with Crippen molar-refractivity contribution in [1.29, 1.82) is 0 Å². The Kier molecular flexibility index (Phi) is 5.39. The van der Waals surface area contributed by atoms with Crippen LogP contribution in [0.25, 0.3) is 0 Å². The van der Waals surface area contributed by atoms with Crippen LogP contribution in [-0.4, -0.2) is 37.6 Å². The van der Waals surface area contributed by atoms with E-state index in [2.05, 4.69) is 31.9 Å². The van der Waals surface area contributed by atoms with Gasteiger partial charge in [-0.3, -0.25) is 9.48 Å². The standard InChI is InChI=1S/C14H22N2OS2/c1-4-11-8-12(16(5-2)15-11)9-13(17)14-10(3)18-6-7-19-14/h8,10,14H,4-7,9H2,1-3H3. The Morgan fingerprint density at radius 2 is 2.16 bits per heavy atom. The number of rotatable bonds is 5. The zero-order chi connectivity index (χ0) is 13.8. The van der Waals surface area contributed by atoms with Gasteiger partial charge < -0.3 is 0 Å². The quantitative estimate of drug-likeness (QED) is 0.837. The van der Waals surface area contributed by atoms with Gasteiger partial charge >= 0.3 is 0 Å². The fourth-order valence-corrected chi connectivity index (χ4v) is 5.10. The Morgan fingerprint density at radius 1 is 1.42 bits per heavy atom. The normalized spacial score (nSPS) is 23.5. The molecule has 1 aromatic rings. The lowest BCUT2D eigenvalue weighted by molar-refractivity contribution is -0.118. The predicted molar refractivity (Wildman–Crippen MR) is 84.2 cm³/mol. The highest BCUT2D eigenvalue weighted by Gasteiger charge is 2.29. The molecular formula is C14H22N2OS2. The summed E-state index contributed by atoms with van der Waals surface area (Å²) < 4.78 is 1.97. The molecule has 5 heteroatoms. The number of carbonyl (C=O) groups is 1. The molecule has 0 bridgehead atoms. The van der Waals surface area contributed by atoms with Crippen molar-refractivity contribution in [3.63, 3.8) is 0 Å². The van der Waals surface area contributed by atoms with Gasteiger partial charge in [-0.05, 0) is 19.4 Å². The Bertz CT molecular complexity index is 445. The zero-order valence-corrected chi connectivity index (χ0v) is 13.5. The van der Waals surface area contributed by atoms with Gasteiger partial charge in [0.05, 0.1) is 10.9 Å². The smallest absolute Gasteiger partial charge is 0.152 e. The second-order valence-electron chi connectivity index (χ2n) is 4.81. The number of ketones is 1. The summed E-state index contributed by atoms with van der Waals surface area (Å²) in [4.78, 5) is 12.5. The van der Waals surface area contributed by atoms with Crippen molar-refractivity contribution >= 4 is 29.3 Å². The molecule has 3 nitrogen and oxygen atoms in total. The van der Waals surface area contributed by atoms with Crippen LogP contribution >= 0.6 is 23.5 Å². The highest BCUT2D eigenvalue weighted by Crippen LogP contribution is 2.32. The van der Waals surface area contributed by atoms with Gasteiger partial charge in [-0.1, -0.05) is 13.8 Å². The van der Waals surface area contributed by atoms with Crippen molar-refractivity contribution in [2.45, 2.75) is 50.7 Å². The monoisotopic (exact) mass is 298 g/mol. The summed E-state index contributed by atoms with van der Waals surface area (Å²) in [6, 6.07) is 2.09. The molecule has 2 heterocycles. The van der Waals surface area contributed by atoms with Crippen molar-refractivity contribution in [2.24, 2.45) is 0 Å². The first-order valence-corrected chi connectivity index (χ1v) is 9.07. The number of aryl methyl sites for hydroxylation is 2. The molecule has 1 fully saturated rings. The number of hydrogen-bond donors (Lipinski definition) is 0. The van der Waals surface area contributed by atoms with Crippen LogP contribution in [0.1, 0.15) is 32.2 Å². The number of carbonyl (C=O) groups excluding carboxylic acids is 1. The molecule has 1 aliphatic heterocycles. The van der Waals surface area contributed by atoms with Crippen LogP contribution in [0.15, 0.2) is 6.07 Å². The Labute approximate surface area is 123 Å². The lowest BCUT2D eigenvalue weighted by atomic mass is 10.1. The Balaban J connectivity index is 2.07. The van der Waals surface area contributed by atoms with Gasteiger partial charge in [-0.15, -0.1) is 11.8 Å². The highest BCUT2D eigenvalue weighted by molar-refractivity contribution is 8.07. The van der Waals surface area contributed by atoms with E-state index in [0.29, 0.717) is 17.5 Å². The maximum Gasteiger partial charge on any atom is 0.152 e. The molecule has 2 unspecified atom stereocenters. The molecule has 0 amide bonds. The zero-order valence-electron chi connectivity index (χ0n) is 11.9. The van der Waals surface area contributed by atoms with E-state index in [4.69, 9.17) is 0 Å². The second-order valence-corrected chi connectivity index (χ2v) is 7.54. The Hall–Kier alpha value is -0.420. The summed E-state index contributed by atoms with van der Waals surface area (Å²) in [6.07, 6.45) is 1.46. The maximum absolute atomic E-state index is 12.5. The summed E-state index contributed by atoms with van der Waals surface area (Å²) in [6.45, 7) is 7.19. The minimum Gasteiger partial charge on any atom is -0.298 e. The van der Waals surface area contributed by atoms with Crippen LogP contribution in [-0.2, 0) is 24.2 Å². The number of thioether (sulfide) groups is 2. The first-order chi connectivity index (χ1) is 9.15. The van der Waals surface area contributed by atoms with Gasteiger partial charge in [0.2, 0.25) is 0 Å². The van der Waals surface area contributed by atoms with E-state index in [-0.39, 0.29) is 5.25 Å². The van der Waals surface area contributed by atoms with E-state index < -0.39 is 0 Å². The topological polar surface area (TPSA) is 34.9 Å². The molecule has 0 spiro atoms. The third kappa shape index (κ3) is 3.57. The summed E-state index contributed by atoms with van der Waals surface area (Å²) >= 11 is 3.75. The van der Waals surface area contributed by atoms with Crippen LogP contribution in [0.2, 0.25) is 0 Å². The number of Topliss-reactive ketones (excluding diaryl/α,β-unsaturated/α-hetero) is 1. The molecule has 1 aliphatic rings. The summed E-state index contributed by atoms with van der Waals surface area (Å²) in [5.41, 5.74) is 2.16. The third-order valence-electron chi connectivity index (χ3n) is 3.44. The molecule has 1 aromatic heterocycles. The number of nitrogens with zero attached hydrogens (tertiary/aromatic N) is 2. The molecule has 0 radical (unpaired) electrons. The van der Waals surface area contributed by atoms with Crippen LogP contribution in [0, 0.1) is 0 Å². The van der Waals surface area contributed by atoms with Gasteiger partial charge in [0, 0.05) is 35.4 Å². The summed E-state index contributed by atoms with van der Waals surface area (Å²) in [5.74, 6) is 2.63. The van der Waals surface area contributed by atoms with Gasteiger partial charge in [0.15, 0.2) is 5.78 Å². The lowest BCUT2D eigenvalue weighted by Gasteiger charge is -2.26. The average molecular weight is 298 g/mol. The fraction of sp³-hybridized carbons (Fsp3) is 0.714. The molecule has 1 saturated heterocycles. The van der Waals surface area contributed by atoms with Crippen LogP contribution in [0.4, 0.5) is 0 Å². The van der Waals surface area contributed by atoms with E-state index in [0.717, 1.165) is 30.1 Å². The molecule has 19 heavy (non-hydrogen) atoms. The Morgan fingerprint density at radius 3 is 2.79 bits per heavy atom. The van der Waals surface area contributed by atoms with Crippen LogP contribution < -0.4 is 0 Å². The van der Waals surface area contributed by atoms with E-state index in [1.54, 1.807) is 0 Å². The fourth-order valence-electron chi connectivity index (χ4n) is 2.37. The molecule has 0 aliphatic carbocycles. The highest BCUT2D eigenvalue weighted by atomic mass is 32.2. The van der Waals surface area contributed by atoms with Gasteiger partial charge in [-0.2, -0.15) is 16.9 Å². The predicted octanol–water partition coefficient (Wildman–Crippen LogP) is 2.81. The molecule has 2 rings (SSSR count). The minimum atomic E-state index is 0.157. The van der Waals surface area contributed by atoms with E-state index >= 15 is 0 Å². The van der Waals surface area contributed by atoms with Gasteiger partial charge in [0.1, 0.15) is 0 Å².